The van der Waals surface area contributed by atoms with Gasteiger partial charge >= 0.3 is 0 Å². The number of nitrogens with two attached hydrogens (primary N) is 1. The number of rotatable bonds is 3. The second-order valence-electron chi connectivity index (χ2n) is 4.32. The number of hydrogen-bond acceptors (Lipinski definition) is 4. The molecular weight excluding hydrogens is 258 g/mol. The molecule has 0 spiro atoms. The molecule has 2 heterocycles. The van der Waals surface area contributed by atoms with Crippen LogP contribution in [-0.4, -0.2) is 25.9 Å². The molecule has 0 bridgehead atoms. The molecule has 100 valence electrons. The Bertz CT molecular complexity index is 835. The van der Waals surface area contributed by atoms with Gasteiger partial charge in [-0.05, 0) is 0 Å². The number of carbonyl (C=O) groups is 1. The molecule has 1 aromatic carbocycles. The van der Waals surface area contributed by atoms with Crippen molar-refractivity contribution in [3.8, 4) is 11.3 Å². The molecule has 3 N–H and O–H groups in total. The van der Waals surface area contributed by atoms with Crippen molar-refractivity contribution in [3.63, 3.8) is 0 Å². The molecule has 1 amide bonds. The number of primary amides is 1. The number of nitrogens with one attached hydrogen (secondary N) is 1. The molecule has 0 saturated heterocycles. The zero-order valence-corrected chi connectivity index (χ0v) is 10.4. The third-order valence-corrected chi connectivity index (χ3v) is 2.87. The van der Waals surface area contributed by atoms with Crippen LogP contribution in [0, 0.1) is 0 Å². The minimum absolute atomic E-state index is 0.0810. The Morgan fingerprint density at radius 1 is 1.30 bits per heavy atom. The molecule has 2 aromatic heterocycles. The van der Waals surface area contributed by atoms with Gasteiger partial charge in [0.25, 0.3) is 5.56 Å². The summed E-state index contributed by atoms with van der Waals surface area (Å²) < 4.78 is 1.34. The summed E-state index contributed by atoms with van der Waals surface area (Å²) in [6.07, 6.45) is 1.60. The van der Waals surface area contributed by atoms with Gasteiger partial charge in [-0.25, -0.2) is 5.10 Å². The SMILES string of the molecule is NC(=O)Cn1cc2c(-c3ccccc3)n[nH]c(=O)c2n1. The molecule has 0 aliphatic carbocycles. The summed E-state index contributed by atoms with van der Waals surface area (Å²) in [7, 11) is 0. The summed E-state index contributed by atoms with van der Waals surface area (Å²) in [5, 5.41) is 11.1. The molecule has 0 aliphatic heterocycles. The van der Waals surface area contributed by atoms with Gasteiger partial charge < -0.3 is 5.73 Å². The number of carbonyl (C=O) groups excluding carboxylic acids is 1. The number of H-pyrrole nitrogens is 1. The van der Waals surface area contributed by atoms with Gasteiger partial charge in [-0.1, -0.05) is 30.3 Å². The van der Waals surface area contributed by atoms with Crippen LogP contribution in [-0.2, 0) is 11.3 Å². The van der Waals surface area contributed by atoms with Crippen LogP contribution >= 0.6 is 0 Å². The van der Waals surface area contributed by atoms with E-state index in [-0.39, 0.29) is 12.1 Å². The van der Waals surface area contributed by atoms with Crippen molar-refractivity contribution < 1.29 is 4.79 Å². The number of amides is 1. The van der Waals surface area contributed by atoms with Crippen LogP contribution in [0.5, 0.6) is 0 Å². The summed E-state index contributed by atoms with van der Waals surface area (Å²) in [6, 6.07) is 9.41. The lowest BCUT2D eigenvalue weighted by Crippen LogP contribution is -2.19. The highest BCUT2D eigenvalue weighted by Gasteiger charge is 2.13. The number of benzene rings is 1. The van der Waals surface area contributed by atoms with Gasteiger partial charge in [0.2, 0.25) is 5.91 Å². The van der Waals surface area contributed by atoms with E-state index in [4.69, 9.17) is 5.73 Å². The lowest BCUT2D eigenvalue weighted by Gasteiger charge is -2.00. The molecule has 20 heavy (non-hydrogen) atoms. The molecule has 0 atom stereocenters. The molecule has 0 saturated carbocycles. The summed E-state index contributed by atoms with van der Waals surface area (Å²) in [6.45, 7) is -0.0810. The van der Waals surface area contributed by atoms with E-state index in [0.29, 0.717) is 11.1 Å². The minimum Gasteiger partial charge on any atom is -0.368 e. The first-order valence-corrected chi connectivity index (χ1v) is 5.95. The summed E-state index contributed by atoms with van der Waals surface area (Å²) in [5.41, 5.74) is 6.43. The van der Waals surface area contributed by atoms with Gasteiger partial charge in [0, 0.05) is 11.8 Å². The van der Waals surface area contributed by atoms with E-state index in [9.17, 15) is 9.59 Å². The smallest absolute Gasteiger partial charge is 0.292 e. The van der Waals surface area contributed by atoms with Gasteiger partial charge in [-0.3, -0.25) is 14.3 Å². The van der Waals surface area contributed by atoms with E-state index in [2.05, 4.69) is 15.3 Å². The third-order valence-electron chi connectivity index (χ3n) is 2.87. The van der Waals surface area contributed by atoms with Crippen molar-refractivity contribution in [1.82, 2.24) is 20.0 Å². The molecule has 0 unspecified atom stereocenters. The van der Waals surface area contributed by atoms with Crippen LogP contribution in [0.4, 0.5) is 0 Å². The standard InChI is InChI=1S/C13H11N5O2/c14-10(19)7-18-6-9-11(8-4-2-1-3-5-8)15-16-13(20)12(9)17-18/h1-6H,7H2,(H2,14,19)(H,16,20). The molecule has 7 nitrogen and oxygen atoms in total. The Morgan fingerprint density at radius 3 is 2.75 bits per heavy atom. The zero-order chi connectivity index (χ0) is 14.1. The lowest BCUT2D eigenvalue weighted by atomic mass is 10.1. The van der Waals surface area contributed by atoms with E-state index < -0.39 is 11.5 Å². The van der Waals surface area contributed by atoms with Gasteiger partial charge in [0.15, 0.2) is 5.52 Å². The van der Waals surface area contributed by atoms with Crippen molar-refractivity contribution in [2.45, 2.75) is 6.54 Å². The first-order chi connectivity index (χ1) is 9.65. The summed E-state index contributed by atoms with van der Waals surface area (Å²) >= 11 is 0. The predicted octanol–water partition coefficient (Wildman–Crippen LogP) is 0.272. The Kier molecular flexibility index (Phi) is 2.79. The van der Waals surface area contributed by atoms with Crippen LogP contribution in [0.25, 0.3) is 22.2 Å². The quantitative estimate of drug-likeness (QED) is 0.711. The van der Waals surface area contributed by atoms with Gasteiger partial charge in [0.1, 0.15) is 12.2 Å². The average Bonchev–Trinajstić information content (AvgIpc) is 2.83. The van der Waals surface area contributed by atoms with Gasteiger partial charge in [0.05, 0.1) is 5.39 Å². The molecule has 7 heteroatoms. The molecule has 0 aliphatic rings. The third kappa shape index (κ3) is 2.05. The first kappa shape index (κ1) is 12.1. The van der Waals surface area contributed by atoms with Crippen molar-refractivity contribution in [3.05, 3.63) is 46.9 Å². The normalized spacial score (nSPS) is 10.8. The monoisotopic (exact) mass is 269 g/mol. The highest BCUT2D eigenvalue weighted by molar-refractivity contribution is 5.91. The molecular formula is C13H11N5O2. The first-order valence-electron chi connectivity index (χ1n) is 5.95. The fourth-order valence-corrected chi connectivity index (χ4v) is 2.04. The van der Waals surface area contributed by atoms with Crippen LogP contribution in [0.15, 0.2) is 41.3 Å². The van der Waals surface area contributed by atoms with Crippen LogP contribution in [0.3, 0.4) is 0 Å². The number of hydrogen-bond donors (Lipinski definition) is 2. The largest absolute Gasteiger partial charge is 0.368 e. The number of nitrogens with zero attached hydrogens (tertiary/aromatic N) is 3. The second kappa shape index (κ2) is 4.61. The highest BCUT2D eigenvalue weighted by atomic mass is 16.1. The predicted molar refractivity (Wildman–Crippen MR) is 72.8 cm³/mol. The second-order valence-corrected chi connectivity index (χ2v) is 4.32. The maximum absolute atomic E-state index is 11.8. The highest BCUT2D eigenvalue weighted by Crippen LogP contribution is 2.23. The zero-order valence-electron chi connectivity index (χ0n) is 10.4. The Labute approximate surface area is 113 Å². The number of aromatic nitrogens is 4. The summed E-state index contributed by atoms with van der Waals surface area (Å²) in [5.74, 6) is -0.525. The maximum Gasteiger partial charge on any atom is 0.292 e. The molecule has 0 fully saturated rings. The van der Waals surface area contributed by atoms with Crippen LogP contribution < -0.4 is 11.3 Å². The van der Waals surface area contributed by atoms with Crippen LogP contribution in [0.2, 0.25) is 0 Å². The van der Waals surface area contributed by atoms with Crippen LogP contribution in [0.1, 0.15) is 0 Å². The Morgan fingerprint density at radius 2 is 2.05 bits per heavy atom. The van der Waals surface area contributed by atoms with Crippen molar-refractivity contribution in [2.75, 3.05) is 0 Å². The number of aromatic amines is 1. The van der Waals surface area contributed by atoms with E-state index in [1.807, 2.05) is 30.3 Å². The fourth-order valence-electron chi connectivity index (χ4n) is 2.04. The average molecular weight is 269 g/mol. The Balaban J connectivity index is 2.24. The fraction of sp³-hybridized carbons (Fsp3) is 0.0769. The molecule has 3 aromatic rings. The lowest BCUT2D eigenvalue weighted by molar-refractivity contribution is -0.118. The Hall–Kier alpha value is -2.96. The van der Waals surface area contributed by atoms with Gasteiger partial charge in [-0.2, -0.15) is 10.2 Å². The van der Waals surface area contributed by atoms with Crippen molar-refractivity contribution >= 4 is 16.8 Å². The van der Waals surface area contributed by atoms with Crippen molar-refractivity contribution in [1.29, 1.82) is 0 Å². The molecule has 3 rings (SSSR count). The topological polar surface area (TPSA) is 107 Å². The summed E-state index contributed by atoms with van der Waals surface area (Å²) in [4.78, 5) is 22.7. The molecule has 0 radical (unpaired) electrons. The number of fused-ring (bicyclic) bond motifs is 1. The van der Waals surface area contributed by atoms with E-state index in [1.165, 1.54) is 4.68 Å². The maximum atomic E-state index is 11.8. The van der Waals surface area contributed by atoms with E-state index >= 15 is 0 Å². The van der Waals surface area contributed by atoms with E-state index in [1.54, 1.807) is 6.20 Å². The van der Waals surface area contributed by atoms with Crippen molar-refractivity contribution in [2.24, 2.45) is 5.73 Å². The van der Waals surface area contributed by atoms with Gasteiger partial charge in [-0.15, -0.1) is 0 Å². The van der Waals surface area contributed by atoms with E-state index in [0.717, 1.165) is 5.56 Å². The minimum atomic E-state index is -0.525.